The van der Waals surface area contributed by atoms with E-state index in [0.29, 0.717) is 19.4 Å². The van der Waals surface area contributed by atoms with Crippen molar-refractivity contribution in [2.75, 3.05) is 13.2 Å². The zero-order valence-electron chi connectivity index (χ0n) is 11.1. The molecule has 0 aromatic heterocycles. The first-order valence-electron chi connectivity index (χ1n) is 5.76. The predicted molar refractivity (Wildman–Crippen MR) is 65.8 cm³/mol. The van der Waals surface area contributed by atoms with Crippen molar-refractivity contribution in [1.29, 1.82) is 0 Å². The number of aliphatic hydroxyl groups excluding tert-OH is 1. The molecule has 6 nitrogen and oxygen atoms in total. The highest BCUT2D eigenvalue weighted by molar-refractivity contribution is 5.69. The molecule has 18 heavy (non-hydrogen) atoms. The van der Waals surface area contributed by atoms with Crippen LogP contribution in [0.4, 0.5) is 4.79 Å². The Hall–Kier alpha value is -1.56. The van der Waals surface area contributed by atoms with Gasteiger partial charge in [0, 0.05) is 19.2 Å². The molecule has 6 heteroatoms. The maximum atomic E-state index is 10.9. The summed E-state index contributed by atoms with van der Waals surface area (Å²) in [4.78, 5) is 21.0. The molecule has 0 aliphatic carbocycles. The molecule has 0 spiro atoms. The molecule has 0 fully saturated rings. The van der Waals surface area contributed by atoms with Gasteiger partial charge in [-0.1, -0.05) is 0 Å². The number of rotatable bonds is 3. The third-order valence-electron chi connectivity index (χ3n) is 1.59. The van der Waals surface area contributed by atoms with Gasteiger partial charge in [0.2, 0.25) is 0 Å². The van der Waals surface area contributed by atoms with E-state index in [2.05, 4.69) is 10.1 Å². The second kappa shape index (κ2) is 8.52. The van der Waals surface area contributed by atoms with Gasteiger partial charge >= 0.3 is 12.1 Å². The normalized spacial score (nSPS) is 13.9. The fourth-order valence-electron chi connectivity index (χ4n) is 0.956. The molecular weight excluding hydrogens is 238 g/mol. The van der Waals surface area contributed by atoms with Crippen LogP contribution >= 0.6 is 0 Å². The lowest BCUT2D eigenvalue weighted by atomic mass is 10.2. The Morgan fingerprint density at radius 1 is 1.56 bits per heavy atom. The molecule has 0 unspecified atom stereocenters. The number of carbonyl (C=O) groups excluding carboxylic acids is 2. The fourth-order valence-corrected chi connectivity index (χ4v) is 0.956. The lowest BCUT2D eigenvalue weighted by Crippen LogP contribution is -2.23. The van der Waals surface area contributed by atoms with E-state index in [1.54, 1.807) is 12.3 Å². The monoisotopic (exact) mass is 259 g/mol. The number of hydrogen-bond donors (Lipinski definition) is 2. The maximum Gasteiger partial charge on any atom is 0.411 e. The van der Waals surface area contributed by atoms with Crippen LogP contribution in [0.25, 0.3) is 0 Å². The molecule has 0 atom stereocenters. The summed E-state index contributed by atoms with van der Waals surface area (Å²) >= 11 is 0. The van der Waals surface area contributed by atoms with Crippen molar-refractivity contribution in [1.82, 2.24) is 5.32 Å². The third kappa shape index (κ3) is 10.9. The van der Waals surface area contributed by atoms with Crippen LogP contribution < -0.4 is 5.32 Å². The highest BCUT2D eigenvalue weighted by Gasteiger charge is 2.15. The minimum Gasteiger partial charge on any atom is -0.460 e. The summed E-state index contributed by atoms with van der Waals surface area (Å²) in [6, 6.07) is 0. The van der Waals surface area contributed by atoms with Crippen LogP contribution in [0.2, 0.25) is 0 Å². The first kappa shape index (κ1) is 16.4. The molecule has 1 aliphatic rings. The van der Waals surface area contributed by atoms with Gasteiger partial charge in [-0.25, -0.2) is 4.79 Å². The smallest absolute Gasteiger partial charge is 0.411 e. The van der Waals surface area contributed by atoms with Crippen LogP contribution in [0.5, 0.6) is 0 Å². The minimum absolute atomic E-state index is 0.0409. The van der Waals surface area contributed by atoms with E-state index in [1.165, 1.54) is 0 Å². The van der Waals surface area contributed by atoms with E-state index in [4.69, 9.17) is 9.84 Å². The van der Waals surface area contributed by atoms with Gasteiger partial charge in [-0.15, -0.1) is 0 Å². The predicted octanol–water partition coefficient (Wildman–Crippen LogP) is 1.34. The summed E-state index contributed by atoms with van der Waals surface area (Å²) in [6.45, 7) is 5.91. The molecule has 1 heterocycles. The Bertz CT molecular complexity index is 293. The number of esters is 1. The second-order valence-corrected chi connectivity index (χ2v) is 4.56. The van der Waals surface area contributed by atoms with Crippen LogP contribution in [0.1, 0.15) is 33.6 Å². The molecule has 1 aliphatic heterocycles. The van der Waals surface area contributed by atoms with Crippen LogP contribution in [0.3, 0.4) is 0 Å². The van der Waals surface area contributed by atoms with E-state index in [-0.39, 0.29) is 18.7 Å². The topological polar surface area (TPSA) is 84.9 Å². The molecule has 0 radical (unpaired) electrons. The van der Waals surface area contributed by atoms with Crippen LogP contribution in [0, 0.1) is 0 Å². The van der Waals surface area contributed by atoms with E-state index >= 15 is 0 Å². The summed E-state index contributed by atoms with van der Waals surface area (Å²) < 4.78 is 9.43. The number of hydrogen-bond acceptors (Lipinski definition) is 5. The number of ether oxygens (including phenoxy) is 2. The van der Waals surface area contributed by atoms with Crippen molar-refractivity contribution >= 4 is 12.1 Å². The van der Waals surface area contributed by atoms with Crippen molar-refractivity contribution in [2.45, 2.75) is 39.2 Å². The average Bonchev–Trinajstić information content (AvgIpc) is 2.26. The SMILES string of the molecule is CC(C)(C)OC(=O)CCCO.O=C1NC=CCO1. The molecular formula is C12H21NO5. The maximum absolute atomic E-state index is 10.9. The van der Waals surface area contributed by atoms with Crippen LogP contribution in [-0.4, -0.2) is 36.0 Å². The Labute approximate surface area is 107 Å². The molecule has 0 bridgehead atoms. The zero-order chi connectivity index (χ0) is 14.0. The van der Waals surface area contributed by atoms with E-state index < -0.39 is 5.60 Å². The molecule has 0 saturated carbocycles. The number of amides is 1. The second-order valence-electron chi connectivity index (χ2n) is 4.56. The highest BCUT2D eigenvalue weighted by atomic mass is 16.6. The Balaban J connectivity index is 0.000000351. The number of nitrogens with one attached hydrogen (secondary N) is 1. The van der Waals surface area contributed by atoms with Gasteiger partial charge in [-0.05, 0) is 33.3 Å². The molecule has 0 saturated heterocycles. The van der Waals surface area contributed by atoms with Crippen molar-refractivity contribution in [3.8, 4) is 0 Å². The van der Waals surface area contributed by atoms with Gasteiger partial charge in [-0.3, -0.25) is 10.1 Å². The Morgan fingerprint density at radius 3 is 2.56 bits per heavy atom. The first-order valence-corrected chi connectivity index (χ1v) is 5.76. The number of alkyl carbamates (subject to hydrolysis) is 1. The van der Waals surface area contributed by atoms with E-state index in [9.17, 15) is 9.59 Å². The number of carbonyl (C=O) groups is 2. The van der Waals surface area contributed by atoms with Crippen molar-refractivity contribution in [2.24, 2.45) is 0 Å². The van der Waals surface area contributed by atoms with Crippen molar-refractivity contribution in [3.63, 3.8) is 0 Å². The molecule has 1 rings (SSSR count). The Morgan fingerprint density at radius 2 is 2.22 bits per heavy atom. The standard InChI is InChI=1S/C8H16O3.C4H5NO2/c1-8(2,3)11-7(10)5-4-6-9;6-4-5-2-1-3-7-4/h9H,4-6H2,1-3H3;1-2H,3H2,(H,5,6). The first-order chi connectivity index (χ1) is 8.35. The fraction of sp³-hybridized carbons (Fsp3) is 0.667. The summed E-state index contributed by atoms with van der Waals surface area (Å²) in [6.07, 6.45) is 3.69. The average molecular weight is 259 g/mol. The van der Waals surface area contributed by atoms with Gasteiger partial charge < -0.3 is 14.6 Å². The molecule has 1 amide bonds. The summed E-state index contributed by atoms with van der Waals surface area (Å²) in [5.41, 5.74) is -0.410. The van der Waals surface area contributed by atoms with Crippen LogP contribution in [-0.2, 0) is 14.3 Å². The molecule has 0 aromatic carbocycles. The molecule has 2 N–H and O–H groups in total. The quantitative estimate of drug-likeness (QED) is 0.747. The molecule has 0 aromatic rings. The van der Waals surface area contributed by atoms with Crippen molar-refractivity contribution in [3.05, 3.63) is 12.3 Å². The van der Waals surface area contributed by atoms with E-state index in [1.807, 2.05) is 20.8 Å². The minimum atomic E-state index is -0.410. The van der Waals surface area contributed by atoms with Gasteiger partial charge in [0.25, 0.3) is 0 Å². The number of cyclic esters (lactones) is 1. The summed E-state index contributed by atoms with van der Waals surface area (Å²) in [7, 11) is 0. The number of aliphatic hydroxyl groups is 1. The van der Waals surface area contributed by atoms with Gasteiger partial charge in [-0.2, -0.15) is 0 Å². The van der Waals surface area contributed by atoms with Gasteiger partial charge in [0.05, 0.1) is 0 Å². The summed E-state index contributed by atoms with van der Waals surface area (Å²) in [5, 5.41) is 10.7. The zero-order valence-corrected chi connectivity index (χ0v) is 11.1. The highest BCUT2D eigenvalue weighted by Crippen LogP contribution is 2.08. The third-order valence-corrected chi connectivity index (χ3v) is 1.59. The lowest BCUT2D eigenvalue weighted by Gasteiger charge is -2.19. The molecule has 104 valence electrons. The lowest BCUT2D eigenvalue weighted by molar-refractivity contribution is -0.155. The van der Waals surface area contributed by atoms with Gasteiger partial charge in [0.1, 0.15) is 12.2 Å². The van der Waals surface area contributed by atoms with E-state index in [0.717, 1.165) is 0 Å². The van der Waals surface area contributed by atoms with Gasteiger partial charge in [0.15, 0.2) is 0 Å². The Kier molecular flexibility index (Phi) is 7.78. The van der Waals surface area contributed by atoms with Crippen molar-refractivity contribution < 1.29 is 24.2 Å². The summed E-state index contributed by atoms with van der Waals surface area (Å²) in [5.74, 6) is -0.244. The largest absolute Gasteiger partial charge is 0.460 e. The van der Waals surface area contributed by atoms with Crippen LogP contribution in [0.15, 0.2) is 12.3 Å².